The van der Waals surface area contributed by atoms with E-state index in [9.17, 15) is 8.42 Å². The average Bonchev–Trinajstić information content (AvgIpc) is 2.72. The third-order valence-electron chi connectivity index (χ3n) is 5.37. The van der Waals surface area contributed by atoms with Crippen molar-refractivity contribution in [1.29, 1.82) is 0 Å². The average molecular weight is 551 g/mol. The first kappa shape index (κ1) is 27.2. The lowest BCUT2D eigenvalue weighted by molar-refractivity contribution is 0.147. The van der Waals surface area contributed by atoms with Crippen molar-refractivity contribution in [3.63, 3.8) is 0 Å². The first-order valence-corrected chi connectivity index (χ1v) is 12.9. The Morgan fingerprint density at radius 3 is 2.63 bits per heavy atom. The van der Waals surface area contributed by atoms with Crippen molar-refractivity contribution >= 4 is 39.8 Å². The van der Waals surface area contributed by atoms with E-state index in [0.717, 1.165) is 31.2 Å². The Morgan fingerprint density at radius 1 is 1.17 bits per heavy atom. The summed E-state index contributed by atoms with van der Waals surface area (Å²) >= 11 is 0. The molecule has 0 radical (unpaired) electrons. The number of nitrogens with one attached hydrogen (secondary N) is 2. The molecule has 1 aliphatic rings. The summed E-state index contributed by atoms with van der Waals surface area (Å²) in [5, 5.41) is 6.65. The van der Waals surface area contributed by atoms with E-state index in [1.165, 1.54) is 32.2 Å². The lowest BCUT2D eigenvalue weighted by atomic mass is 10.0. The SMILES string of the molecule is CCNC(=NCCCS(=O)(=O)Cc1ccccc1)NCCN1CCCCC1CC.I. The van der Waals surface area contributed by atoms with Crippen LogP contribution in [0.15, 0.2) is 35.3 Å². The molecule has 172 valence electrons. The number of aliphatic imine (C=N–C) groups is 1. The van der Waals surface area contributed by atoms with Crippen molar-refractivity contribution in [1.82, 2.24) is 15.5 Å². The molecule has 2 N–H and O–H groups in total. The Kier molecular flexibility index (Phi) is 13.6. The first-order chi connectivity index (χ1) is 14.0. The van der Waals surface area contributed by atoms with Crippen molar-refractivity contribution < 1.29 is 8.42 Å². The topological polar surface area (TPSA) is 73.8 Å². The number of sulfone groups is 1. The Morgan fingerprint density at radius 2 is 1.93 bits per heavy atom. The highest BCUT2D eigenvalue weighted by Gasteiger charge is 2.20. The van der Waals surface area contributed by atoms with E-state index >= 15 is 0 Å². The number of piperidine rings is 1. The minimum Gasteiger partial charge on any atom is -0.357 e. The van der Waals surface area contributed by atoms with Gasteiger partial charge in [0.25, 0.3) is 0 Å². The summed E-state index contributed by atoms with van der Waals surface area (Å²) in [6.07, 6.45) is 5.70. The van der Waals surface area contributed by atoms with Crippen LogP contribution in [-0.4, -0.2) is 63.8 Å². The second-order valence-corrected chi connectivity index (χ2v) is 9.90. The highest BCUT2D eigenvalue weighted by molar-refractivity contribution is 14.0. The molecule has 1 unspecified atom stereocenters. The Labute approximate surface area is 200 Å². The summed E-state index contributed by atoms with van der Waals surface area (Å²) in [4.78, 5) is 7.14. The summed E-state index contributed by atoms with van der Waals surface area (Å²) in [7, 11) is -3.10. The molecule has 0 aliphatic carbocycles. The molecule has 0 aromatic heterocycles. The smallest absolute Gasteiger partial charge is 0.191 e. The van der Waals surface area contributed by atoms with Gasteiger partial charge in [-0.1, -0.05) is 43.7 Å². The maximum Gasteiger partial charge on any atom is 0.191 e. The lowest BCUT2D eigenvalue weighted by Crippen LogP contribution is -2.46. The van der Waals surface area contributed by atoms with Gasteiger partial charge in [-0.15, -0.1) is 24.0 Å². The van der Waals surface area contributed by atoms with Crippen molar-refractivity contribution in [2.24, 2.45) is 4.99 Å². The van der Waals surface area contributed by atoms with Gasteiger partial charge in [0, 0.05) is 32.2 Å². The highest BCUT2D eigenvalue weighted by Crippen LogP contribution is 2.18. The summed E-state index contributed by atoms with van der Waals surface area (Å²) in [5.41, 5.74) is 0.842. The third-order valence-corrected chi connectivity index (χ3v) is 7.05. The predicted octanol–water partition coefficient (Wildman–Crippen LogP) is 3.43. The van der Waals surface area contributed by atoms with Gasteiger partial charge < -0.3 is 10.6 Å². The zero-order valence-corrected chi connectivity index (χ0v) is 21.6. The number of hydrogen-bond acceptors (Lipinski definition) is 4. The van der Waals surface area contributed by atoms with E-state index in [0.29, 0.717) is 19.0 Å². The molecule has 0 bridgehead atoms. The fourth-order valence-electron chi connectivity index (χ4n) is 3.85. The number of benzene rings is 1. The van der Waals surface area contributed by atoms with Crippen LogP contribution in [0.5, 0.6) is 0 Å². The van der Waals surface area contributed by atoms with Gasteiger partial charge in [0.1, 0.15) is 0 Å². The van der Waals surface area contributed by atoms with Crippen LogP contribution in [0, 0.1) is 0 Å². The van der Waals surface area contributed by atoms with Crippen molar-refractivity contribution in [3.05, 3.63) is 35.9 Å². The summed E-state index contributed by atoms with van der Waals surface area (Å²) in [6, 6.07) is 10.1. The lowest BCUT2D eigenvalue weighted by Gasteiger charge is -2.35. The van der Waals surface area contributed by atoms with Crippen molar-refractivity contribution in [3.8, 4) is 0 Å². The minimum absolute atomic E-state index is 0. The maximum absolute atomic E-state index is 12.3. The number of nitrogens with zero attached hydrogens (tertiary/aromatic N) is 2. The van der Waals surface area contributed by atoms with Crippen LogP contribution >= 0.6 is 24.0 Å². The summed E-state index contributed by atoms with van der Waals surface area (Å²) in [6.45, 7) is 8.67. The molecule has 1 aromatic carbocycles. The van der Waals surface area contributed by atoms with E-state index in [2.05, 4.69) is 27.4 Å². The molecule has 0 spiro atoms. The second-order valence-electron chi connectivity index (χ2n) is 7.71. The molecule has 2 rings (SSSR count). The number of hydrogen-bond donors (Lipinski definition) is 2. The molecule has 0 amide bonds. The van der Waals surface area contributed by atoms with Crippen LogP contribution in [0.1, 0.15) is 51.5 Å². The zero-order valence-electron chi connectivity index (χ0n) is 18.5. The molecular weight excluding hydrogens is 511 g/mol. The largest absolute Gasteiger partial charge is 0.357 e. The molecule has 0 saturated carbocycles. The van der Waals surface area contributed by atoms with Gasteiger partial charge in [-0.3, -0.25) is 9.89 Å². The first-order valence-electron chi connectivity index (χ1n) is 11.0. The number of likely N-dealkylation sites (tertiary alicyclic amines) is 1. The predicted molar refractivity (Wildman–Crippen MR) is 137 cm³/mol. The van der Waals surface area contributed by atoms with Crippen LogP contribution in [0.3, 0.4) is 0 Å². The van der Waals surface area contributed by atoms with Gasteiger partial charge in [0.2, 0.25) is 0 Å². The van der Waals surface area contributed by atoms with E-state index in [1.54, 1.807) is 0 Å². The van der Waals surface area contributed by atoms with Crippen LogP contribution in [0.25, 0.3) is 0 Å². The standard InChI is InChI=1S/C22H38N4O2S.HI/c1-3-21-13-8-9-16-26(21)17-15-25-22(23-4-2)24-14-10-18-29(27,28)19-20-11-6-5-7-12-20;/h5-7,11-12,21H,3-4,8-10,13-19H2,1-2H3,(H2,23,24,25);1H. The quantitative estimate of drug-likeness (QED) is 0.191. The highest BCUT2D eigenvalue weighted by atomic mass is 127. The summed E-state index contributed by atoms with van der Waals surface area (Å²) < 4.78 is 24.6. The fraction of sp³-hybridized carbons (Fsp3) is 0.682. The van der Waals surface area contributed by atoms with Crippen LogP contribution < -0.4 is 10.6 Å². The van der Waals surface area contributed by atoms with Crippen LogP contribution in [0.4, 0.5) is 0 Å². The van der Waals surface area contributed by atoms with Gasteiger partial charge in [-0.2, -0.15) is 0 Å². The molecular formula is C22H39IN4O2S. The third kappa shape index (κ3) is 10.4. The van der Waals surface area contributed by atoms with E-state index < -0.39 is 9.84 Å². The molecule has 1 aromatic rings. The van der Waals surface area contributed by atoms with Gasteiger partial charge in [0.15, 0.2) is 15.8 Å². The van der Waals surface area contributed by atoms with Gasteiger partial charge in [-0.05, 0) is 44.7 Å². The monoisotopic (exact) mass is 550 g/mol. The van der Waals surface area contributed by atoms with Gasteiger partial charge in [-0.25, -0.2) is 8.42 Å². The van der Waals surface area contributed by atoms with Crippen molar-refractivity contribution in [2.75, 3.05) is 38.5 Å². The molecule has 1 atom stereocenters. The second kappa shape index (κ2) is 15.0. The Bertz CT molecular complexity index is 713. The summed E-state index contributed by atoms with van der Waals surface area (Å²) in [5.74, 6) is 1.04. The fourth-order valence-corrected chi connectivity index (χ4v) is 5.27. The van der Waals surface area contributed by atoms with Crippen LogP contribution in [0.2, 0.25) is 0 Å². The maximum atomic E-state index is 12.3. The molecule has 1 heterocycles. The minimum atomic E-state index is -3.10. The molecule has 8 heteroatoms. The molecule has 6 nitrogen and oxygen atoms in total. The number of halogens is 1. The number of rotatable bonds is 11. The van der Waals surface area contributed by atoms with E-state index in [1.807, 2.05) is 37.3 Å². The molecule has 1 fully saturated rings. The van der Waals surface area contributed by atoms with E-state index in [4.69, 9.17) is 0 Å². The Balaban J connectivity index is 0.00000450. The molecule has 30 heavy (non-hydrogen) atoms. The zero-order chi connectivity index (χ0) is 21.0. The molecule has 1 aliphatic heterocycles. The number of guanidine groups is 1. The van der Waals surface area contributed by atoms with E-state index in [-0.39, 0.29) is 35.5 Å². The Hall–Kier alpha value is -0.870. The normalized spacial score (nSPS) is 17.9. The van der Waals surface area contributed by atoms with Crippen LogP contribution in [-0.2, 0) is 15.6 Å². The van der Waals surface area contributed by atoms with Gasteiger partial charge in [0.05, 0.1) is 11.5 Å². The van der Waals surface area contributed by atoms with Crippen molar-refractivity contribution in [2.45, 2.75) is 57.7 Å². The van der Waals surface area contributed by atoms with Gasteiger partial charge >= 0.3 is 0 Å². The molecule has 1 saturated heterocycles.